The van der Waals surface area contributed by atoms with Crippen LogP contribution in [-0.4, -0.2) is 50.0 Å². The number of nitrogens with zero attached hydrogens (tertiary/aromatic N) is 2. The van der Waals surface area contributed by atoms with Crippen molar-refractivity contribution in [2.24, 2.45) is 0 Å². The van der Waals surface area contributed by atoms with Crippen LogP contribution in [0.3, 0.4) is 0 Å². The zero-order chi connectivity index (χ0) is 30.2. The van der Waals surface area contributed by atoms with Crippen molar-refractivity contribution in [1.29, 1.82) is 0 Å². The third kappa shape index (κ3) is 8.96. The Labute approximate surface area is 253 Å². The van der Waals surface area contributed by atoms with E-state index in [4.69, 9.17) is 23.2 Å². The van der Waals surface area contributed by atoms with E-state index in [0.717, 1.165) is 21.7 Å². The highest BCUT2D eigenvalue weighted by atomic mass is 35.5. The van der Waals surface area contributed by atoms with Gasteiger partial charge in [0, 0.05) is 29.1 Å². The number of nitrogens with one attached hydrogen (secondary N) is 1. The van der Waals surface area contributed by atoms with Gasteiger partial charge >= 0.3 is 0 Å². The molecule has 0 radical (unpaired) electrons. The summed E-state index contributed by atoms with van der Waals surface area (Å²) in [5.74, 6) is -0.867. The Hall–Kier alpha value is -3.07. The number of aryl methyl sites for hydroxylation is 1. The molecular formula is C31H37Cl2N3O4S. The molecule has 0 aliphatic heterocycles. The lowest BCUT2D eigenvalue weighted by Gasteiger charge is -2.34. The van der Waals surface area contributed by atoms with Crippen LogP contribution in [0.5, 0.6) is 0 Å². The summed E-state index contributed by atoms with van der Waals surface area (Å²) in [6.07, 6.45) is 2.58. The van der Waals surface area contributed by atoms with Gasteiger partial charge in [0.1, 0.15) is 12.6 Å². The van der Waals surface area contributed by atoms with Gasteiger partial charge in [0.15, 0.2) is 0 Å². The summed E-state index contributed by atoms with van der Waals surface area (Å²) in [4.78, 5) is 29.4. The van der Waals surface area contributed by atoms with E-state index >= 15 is 0 Å². The number of anilines is 1. The maximum atomic E-state index is 14.2. The van der Waals surface area contributed by atoms with Gasteiger partial charge in [0.2, 0.25) is 21.8 Å². The Morgan fingerprint density at radius 3 is 2.20 bits per heavy atom. The third-order valence-electron chi connectivity index (χ3n) is 6.95. The molecule has 3 aromatic carbocycles. The summed E-state index contributed by atoms with van der Waals surface area (Å²) in [6, 6.07) is 20.4. The number of amides is 2. The van der Waals surface area contributed by atoms with Crippen LogP contribution in [0.2, 0.25) is 10.0 Å². The van der Waals surface area contributed by atoms with Crippen molar-refractivity contribution < 1.29 is 18.0 Å². The number of carbonyl (C=O) groups is 2. The van der Waals surface area contributed by atoms with Gasteiger partial charge < -0.3 is 10.2 Å². The normalized spacial score (nSPS) is 12.8. The van der Waals surface area contributed by atoms with Crippen LogP contribution >= 0.6 is 23.2 Å². The molecule has 0 heterocycles. The number of hydrogen-bond donors (Lipinski definition) is 1. The first-order chi connectivity index (χ1) is 19.4. The van der Waals surface area contributed by atoms with Crippen molar-refractivity contribution >= 4 is 50.7 Å². The lowest BCUT2D eigenvalue weighted by molar-refractivity contribution is -0.140. The fourth-order valence-corrected chi connectivity index (χ4v) is 5.82. The predicted octanol–water partition coefficient (Wildman–Crippen LogP) is 5.88. The number of benzene rings is 3. The van der Waals surface area contributed by atoms with E-state index in [1.807, 2.05) is 63.2 Å². The molecular weight excluding hydrogens is 581 g/mol. The minimum absolute atomic E-state index is 0.0205. The summed E-state index contributed by atoms with van der Waals surface area (Å²) in [5, 5.41) is 3.79. The second-order valence-electron chi connectivity index (χ2n) is 10.0. The number of carbonyl (C=O) groups excluding carboxylic acids is 2. The zero-order valence-corrected chi connectivity index (χ0v) is 26.1. The SMILES string of the molecule is CCc1ccccc1N(CC(=O)N(Cc1ccc(Cl)cc1Cl)[C@H](Cc1ccccc1)C(=O)N[C@@H](C)CC)S(C)(=O)=O. The first-order valence-electron chi connectivity index (χ1n) is 13.6. The molecule has 0 bridgehead atoms. The highest BCUT2D eigenvalue weighted by Gasteiger charge is 2.34. The second kappa shape index (κ2) is 14.7. The average molecular weight is 619 g/mol. The Kier molecular flexibility index (Phi) is 11.6. The molecule has 0 fully saturated rings. The average Bonchev–Trinajstić information content (AvgIpc) is 2.94. The smallest absolute Gasteiger partial charge is 0.244 e. The lowest BCUT2D eigenvalue weighted by Crippen LogP contribution is -2.54. The quantitative estimate of drug-likeness (QED) is 0.260. The Bertz CT molecular complexity index is 1450. The molecule has 0 spiro atoms. The van der Waals surface area contributed by atoms with Gasteiger partial charge in [-0.3, -0.25) is 13.9 Å². The van der Waals surface area contributed by atoms with Gasteiger partial charge in [-0.2, -0.15) is 0 Å². The molecule has 0 aromatic heterocycles. The van der Waals surface area contributed by atoms with Gasteiger partial charge in [-0.25, -0.2) is 8.42 Å². The van der Waals surface area contributed by atoms with Crippen molar-refractivity contribution in [3.05, 3.63) is 99.5 Å². The number of halogens is 2. The van der Waals surface area contributed by atoms with Crippen molar-refractivity contribution in [2.45, 2.75) is 58.7 Å². The van der Waals surface area contributed by atoms with Crippen molar-refractivity contribution in [1.82, 2.24) is 10.2 Å². The summed E-state index contributed by atoms with van der Waals surface area (Å²) in [5.41, 5.74) is 2.65. The minimum atomic E-state index is -3.85. The maximum Gasteiger partial charge on any atom is 0.244 e. The molecule has 220 valence electrons. The number of rotatable bonds is 13. The molecule has 1 N–H and O–H groups in total. The monoisotopic (exact) mass is 617 g/mol. The topological polar surface area (TPSA) is 86.8 Å². The van der Waals surface area contributed by atoms with Gasteiger partial charge in [-0.15, -0.1) is 0 Å². The van der Waals surface area contributed by atoms with Gasteiger partial charge in [0.25, 0.3) is 0 Å². The van der Waals surface area contributed by atoms with E-state index < -0.39 is 28.5 Å². The Morgan fingerprint density at radius 2 is 1.59 bits per heavy atom. The van der Waals surface area contributed by atoms with E-state index in [2.05, 4.69) is 5.32 Å². The highest BCUT2D eigenvalue weighted by Crippen LogP contribution is 2.27. The molecule has 2 atom stereocenters. The largest absolute Gasteiger partial charge is 0.352 e. The third-order valence-corrected chi connectivity index (χ3v) is 8.66. The molecule has 0 saturated heterocycles. The van der Waals surface area contributed by atoms with E-state index in [1.165, 1.54) is 4.90 Å². The van der Waals surface area contributed by atoms with E-state index in [0.29, 0.717) is 34.1 Å². The number of sulfonamides is 1. The molecule has 3 aromatic rings. The van der Waals surface area contributed by atoms with Crippen molar-refractivity contribution in [3.63, 3.8) is 0 Å². The van der Waals surface area contributed by atoms with E-state index in [1.54, 1.807) is 30.3 Å². The first kappa shape index (κ1) is 32.4. The number of para-hydroxylation sites is 1. The van der Waals surface area contributed by atoms with Crippen LogP contribution in [0.25, 0.3) is 0 Å². The van der Waals surface area contributed by atoms with Crippen LogP contribution in [0.4, 0.5) is 5.69 Å². The van der Waals surface area contributed by atoms with Crippen molar-refractivity contribution in [3.8, 4) is 0 Å². The number of hydrogen-bond acceptors (Lipinski definition) is 4. The molecule has 2 amide bonds. The van der Waals surface area contributed by atoms with Gasteiger partial charge in [-0.05, 0) is 54.7 Å². The summed E-state index contributed by atoms with van der Waals surface area (Å²) >= 11 is 12.6. The van der Waals surface area contributed by atoms with Crippen LogP contribution in [-0.2, 0) is 39.0 Å². The second-order valence-corrected chi connectivity index (χ2v) is 12.8. The Morgan fingerprint density at radius 1 is 0.927 bits per heavy atom. The molecule has 10 heteroatoms. The fourth-order valence-electron chi connectivity index (χ4n) is 4.48. The zero-order valence-electron chi connectivity index (χ0n) is 23.8. The van der Waals surface area contributed by atoms with Crippen LogP contribution < -0.4 is 9.62 Å². The minimum Gasteiger partial charge on any atom is -0.352 e. The molecule has 3 rings (SSSR count). The Balaban J connectivity index is 2.11. The molecule has 0 aliphatic carbocycles. The summed E-state index contributed by atoms with van der Waals surface area (Å²) < 4.78 is 27.2. The van der Waals surface area contributed by atoms with Gasteiger partial charge in [0.05, 0.1) is 11.9 Å². The molecule has 0 unspecified atom stereocenters. The fraction of sp³-hybridized carbons (Fsp3) is 0.355. The standard InChI is InChI=1S/C31H37Cl2N3O4S/c1-5-22(3)34-31(38)29(18-23-12-8-7-9-13-23)35(20-25-16-17-26(32)19-27(25)33)30(37)21-36(41(4,39)40)28-15-11-10-14-24(28)6-2/h7-17,19,22,29H,5-6,18,20-21H2,1-4H3,(H,34,38)/t22-,29+/m0/s1. The first-order valence-corrected chi connectivity index (χ1v) is 16.2. The summed E-state index contributed by atoms with van der Waals surface area (Å²) in [6.45, 7) is 5.27. The molecule has 41 heavy (non-hydrogen) atoms. The highest BCUT2D eigenvalue weighted by molar-refractivity contribution is 7.92. The molecule has 0 aliphatic rings. The van der Waals surface area contributed by atoms with Crippen molar-refractivity contribution in [2.75, 3.05) is 17.1 Å². The lowest BCUT2D eigenvalue weighted by atomic mass is 10.0. The van der Waals surface area contributed by atoms with Crippen LogP contribution in [0, 0.1) is 0 Å². The maximum absolute atomic E-state index is 14.2. The van der Waals surface area contributed by atoms with Crippen LogP contribution in [0.15, 0.2) is 72.8 Å². The molecule has 0 saturated carbocycles. The van der Waals surface area contributed by atoms with Crippen LogP contribution in [0.1, 0.15) is 43.9 Å². The summed E-state index contributed by atoms with van der Waals surface area (Å²) in [7, 11) is -3.85. The molecule has 7 nitrogen and oxygen atoms in total. The predicted molar refractivity (Wildman–Crippen MR) is 167 cm³/mol. The van der Waals surface area contributed by atoms with E-state index in [-0.39, 0.29) is 24.9 Å². The van der Waals surface area contributed by atoms with E-state index in [9.17, 15) is 18.0 Å². The van der Waals surface area contributed by atoms with Gasteiger partial charge in [-0.1, -0.05) is 91.6 Å².